The highest BCUT2D eigenvalue weighted by Crippen LogP contribution is 2.31. The molecule has 0 atom stereocenters. The summed E-state index contributed by atoms with van der Waals surface area (Å²) in [5.41, 5.74) is 3.08. The lowest BCUT2D eigenvalue weighted by Crippen LogP contribution is -2.47. The molecule has 0 bridgehead atoms. The molecule has 1 saturated heterocycles. The first-order chi connectivity index (χ1) is 19.3. The number of rotatable bonds is 10. The second-order valence-electron chi connectivity index (χ2n) is 9.34. The lowest BCUT2D eigenvalue weighted by molar-refractivity contribution is -0.385. The Kier molecular flexibility index (Phi) is 9.18. The molecule has 0 saturated carbocycles. The zero-order valence-electron chi connectivity index (χ0n) is 22.8. The molecule has 11 heteroatoms. The highest BCUT2D eigenvalue weighted by atomic mass is 16.6. The number of para-hydroxylation sites is 2. The first-order valence-corrected chi connectivity index (χ1v) is 12.9. The van der Waals surface area contributed by atoms with E-state index in [-0.39, 0.29) is 17.2 Å². The maximum atomic E-state index is 13.2. The third kappa shape index (κ3) is 6.49. The van der Waals surface area contributed by atoms with Gasteiger partial charge in [0.25, 0.3) is 17.5 Å². The molecule has 0 aliphatic carbocycles. The van der Waals surface area contributed by atoms with Gasteiger partial charge in [0.05, 0.1) is 29.9 Å². The van der Waals surface area contributed by atoms with Crippen molar-refractivity contribution in [2.45, 2.75) is 6.92 Å². The zero-order valence-corrected chi connectivity index (χ0v) is 22.8. The summed E-state index contributed by atoms with van der Waals surface area (Å²) in [5.74, 6) is 0.0152. The minimum atomic E-state index is -0.517. The van der Waals surface area contributed by atoms with E-state index in [4.69, 9.17) is 9.47 Å². The van der Waals surface area contributed by atoms with Crippen LogP contribution in [0.25, 0.3) is 0 Å². The van der Waals surface area contributed by atoms with E-state index >= 15 is 0 Å². The molecule has 4 rings (SSSR count). The molecule has 3 aromatic carbocycles. The van der Waals surface area contributed by atoms with Crippen LogP contribution in [0.15, 0.2) is 60.7 Å². The number of hydrogen-bond acceptors (Lipinski definition) is 8. The molecule has 2 amide bonds. The molecule has 2 N–H and O–H groups in total. The SMILES string of the molecule is COCCNC(=O)c1cc(NC(=O)c2ccc(C)c([N+](=O)[O-])c2)ccc1N1CCN(c2ccccc2OC)CC1. The van der Waals surface area contributed by atoms with Gasteiger partial charge in [-0.1, -0.05) is 18.2 Å². The van der Waals surface area contributed by atoms with Gasteiger partial charge in [0.2, 0.25) is 0 Å². The molecule has 0 aromatic heterocycles. The number of hydrogen-bond donors (Lipinski definition) is 2. The topological polar surface area (TPSA) is 126 Å². The number of piperazine rings is 1. The van der Waals surface area contributed by atoms with Gasteiger partial charge in [-0.05, 0) is 43.3 Å². The molecule has 1 aliphatic rings. The Labute approximate surface area is 232 Å². The van der Waals surface area contributed by atoms with Crippen molar-refractivity contribution in [1.82, 2.24) is 5.32 Å². The van der Waals surface area contributed by atoms with Gasteiger partial charge in [-0.15, -0.1) is 0 Å². The lowest BCUT2D eigenvalue weighted by Gasteiger charge is -2.38. The monoisotopic (exact) mass is 547 g/mol. The summed E-state index contributed by atoms with van der Waals surface area (Å²) in [7, 11) is 3.22. The van der Waals surface area contributed by atoms with Gasteiger partial charge in [0.1, 0.15) is 5.75 Å². The predicted molar refractivity (Wildman–Crippen MR) is 154 cm³/mol. The summed E-state index contributed by atoms with van der Waals surface area (Å²) in [6.45, 7) is 5.13. The van der Waals surface area contributed by atoms with Gasteiger partial charge in [-0.25, -0.2) is 0 Å². The number of benzene rings is 3. The Morgan fingerprint density at radius 2 is 1.62 bits per heavy atom. The highest BCUT2D eigenvalue weighted by molar-refractivity contribution is 6.06. The fourth-order valence-corrected chi connectivity index (χ4v) is 4.66. The van der Waals surface area contributed by atoms with Crippen LogP contribution in [0.2, 0.25) is 0 Å². The van der Waals surface area contributed by atoms with Crippen LogP contribution in [0.4, 0.5) is 22.7 Å². The summed E-state index contributed by atoms with van der Waals surface area (Å²) >= 11 is 0. The molecule has 210 valence electrons. The van der Waals surface area contributed by atoms with Crippen molar-refractivity contribution in [2.24, 2.45) is 0 Å². The molecule has 11 nitrogen and oxygen atoms in total. The van der Waals surface area contributed by atoms with Crippen LogP contribution in [0.1, 0.15) is 26.3 Å². The van der Waals surface area contributed by atoms with E-state index in [0.29, 0.717) is 43.1 Å². The molecular formula is C29H33N5O6. The van der Waals surface area contributed by atoms with E-state index in [1.165, 1.54) is 18.2 Å². The van der Waals surface area contributed by atoms with E-state index in [9.17, 15) is 19.7 Å². The Bertz CT molecular complexity index is 1390. The van der Waals surface area contributed by atoms with Crippen LogP contribution in [0.5, 0.6) is 5.75 Å². The van der Waals surface area contributed by atoms with E-state index < -0.39 is 10.8 Å². The summed E-state index contributed by atoms with van der Waals surface area (Å²) in [4.78, 5) is 41.3. The minimum absolute atomic E-state index is 0.131. The summed E-state index contributed by atoms with van der Waals surface area (Å²) in [5, 5.41) is 16.9. The first-order valence-electron chi connectivity index (χ1n) is 12.9. The summed E-state index contributed by atoms with van der Waals surface area (Å²) < 4.78 is 10.6. The fraction of sp³-hybridized carbons (Fsp3) is 0.310. The Morgan fingerprint density at radius 1 is 0.925 bits per heavy atom. The second-order valence-corrected chi connectivity index (χ2v) is 9.34. The number of carbonyl (C=O) groups excluding carboxylic acids is 2. The smallest absolute Gasteiger partial charge is 0.273 e. The van der Waals surface area contributed by atoms with Gasteiger partial charge >= 0.3 is 0 Å². The number of nitro groups is 1. The largest absolute Gasteiger partial charge is 0.495 e. The maximum Gasteiger partial charge on any atom is 0.273 e. The fourth-order valence-electron chi connectivity index (χ4n) is 4.66. The highest BCUT2D eigenvalue weighted by Gasteiger charge is 2.24. The van der Waals surface area contributed by atoms with Crippen molar-refractivity contribution in [2.75, 3.05) is 68.7 Å². The van der Waals surface area contributed by atoms with Gasteiger partial charge in [-0.3, -0.25) is 19.7 Å². The van der Waals surface area contributed by atoms with Crippen molar-refractivity contribution in [3.63, 3.8) is 0 Å². The minimum Gasteiger partial charge on any atom is -0.495 e. The number of methoxy groups -OCH3 is 2. The Morgan fingerprint density at radius 3 is 2.30 bits per heavy atom. The Balaban J connectivity index is 1.55. The molecule has 3 aromatic rings. The maximum absolute atomic E-state index is 13.2. The number of amides is 2. The molecule has 0 radical (unpaired) electrons. The molecule has 0 spiro atoms. The molecule has 1 aliphatic heterocycles. The Hall–Kier alpha value is -4.64. The van der Waals surface area contributed by atoms with Gasteiger partial charge in [0.15, 0.2) is 0 Å². The van der Waals surface area contributed by atoms with Crippen molar-refractivity contribution in [3.8, 4) is 5.75 Å². The summed E-state index contributed by atoms with van der Waals surface area (Å²) in [6.07, 6.45) is 0. The van der Waals surface area contributed by atoms with Crippen LogP contribution in [0, 0.1) is 17.0 Å². The molecule has 1 heterocycles. The normalized spacial score (nSPS) is 13.1. The van der Waals surface area contributed by atoms with Crippen LogP contribution < -0.4 is 25.2 Å². The number of nitrogens with zero attached hydrogens (tertiary/aromatic N) is 3. The van der Waals surface area contributed by atoms with Gasteiger partial charge < -0.3 is 29.9 Å². The van der Waals surface area contributed by atoms with Crippen molar-refractivity contribution >= 4 is 34.6 Å². The van der Waals surface area contributed by atoms with Crippen molar-refractivity contribution in [3.05, 3.63) is 87.5 Å². The van der Waals surface area contributed by atoms with E-state index in [2.05, 4.69) is 20.4 Å². The predicted octanol–water partition coefficient (Wildman–Crippen LogP) is 3.87. The van der Waals surface area contributed by atoms with E-state index in [0.717, 1.165) is 30.2 Å². The molecular weight excluding hydrogens is 514 g/mol. The standard InChI is InChI=1S/C29H33N5O6/c1-20-8-9-21(18-26(20)34(37)38)28(35)31-22-10-11-24(23(19-22)29(36)30-12-17-39-2)32-13-15-33(16-14-32)25-6-4-5-7-27(25)40-3/h4-11,18-19H,12-17H2,1-3H3,(H,30,36)(H,31,35). The number of nitro benzene ring substituents is 1. The number of anilines is 3. The number of nitrogens with one attached hydrogen (secondary N) is 2. The average molecular weight is 548 g/mol. The third-order valence-electron chi connectivity index (χ3n) is 6.81. The van der Waals surface area contributed by atoms with Crippen LogP contribution in [-0.4, -0.2) is 70.3 Å². The van der Waals surface area contributed by atoms with Gasteiger partial charge in [-0.2, -0.15) is 0 Å². The molecule has 0 unspecified atom stereocenters. The molecule has 40 heavy (non-hydrogen) atoms. The van der Waals surface area contributed by atoms with Crippen LogP contribution in [-0.2, 0) is 4.74 Å². The number of aryl methyl sites for hydroxylation is 1. The van der Waals surface area contributed by atoms with Crippen LogP contribution in [0.3, 0.4) is 0 Å². The number of carbonyl (C=O) groups is 2. The first kappa shape index (κ1) is 28.4. The van der Waals surface area contributed by atoms with E-state index in [1.807, 2.05) is 30.3 Å². The van der Waals surface area contributed by atoms with E-state index in [1.54, 1.807) is 33.3 Å². The summed E-state index contributed by atoms with van der Waals surface area (Å²) in [6, 6.07) is 17.4. The lowest BCUT2D eigenvalue weighted by atomic mass is 10.1. The zero-order chi connectivity index (χ0) is 28.6. The third-order valence-corrected chi connectivity index (χ3v) is 6.81. The molecule has 1 fully saturated rings. The van der Waals surface area contributed by atoms with Crippen LogP contribution >= 0.6 is 0 Å². The number of ether oxygens (including phenoxy) is 2. The van der Waals surface area contributed by atoms with Gasteiger partial charge in [0, 0.05) is 68.4 Å². The van der Waals surface area contributed by atoms with Crippen molar-refractivity contribution in [1.29, 1.82) is 0 Å². The quantitative estimate of drug-likeness (QED) is 0.223. The average Bonchev–Trinajstić information content (AvgIpc) is 2.97. The second kappa shape index (κ2) is 12.9. The van der Waals surface area contributed by atoms with Crippen molar-refractivity contribution < 1.29 is 24.0 Å².